The lowest BCUT2D eigenvalue weighted by atomic mass is 10.2. The van der Waals surface area contributed by atoms with E-state index in [1.165, 1.54) is 0 Å². The monoisotopic (exact) mass is 315 g/mol. The van der Waals surface area contributed by atoms with Crippen molar-refractivity contribution in [2.45, 2.75) is 6.54 Å². The molecular weight excluding hydrogens is 302 g/mol. The Balaban J connectivity index is 1.54. The molecule has 22 heavy (non-hydrogen) atoms. The Kier molecular flexibility index (Phi) is 4.25. The summed E-state index contributed by atoms with van der Waals surface area (Å²) in [6, 6.07) is 8.73. The van der Waals surface area contributed by atoms with E-state index in [2.05, 4.69) is 10.4 Å². The average Bonchev–Trinajstić information content (AvgIpc) is 3.18. The molecule has 1 amide bonds. The molecule has 0 atom stereocenters. The number of halogens is 1. The van der Waals surface area contributed by atoms with E-state index >= 15 is 0 Å². The minimum Gasteiger partial charge on any atom is -0.472 e. The third-order valence-corrected chi connectivity index (χ3v) is 3.44. The van der Waals surface area contributed by atoms with Gasteiger partial charge in [-0.3, -0.25) is 9.48 Å². The molecular formula is C16H14ClN3O2. The van der Waals surface area contributed by atoms with Crippen LogP contribution in [0.25, 0.3) is 11.1 Å². The molecule has 0 aliphatic heterocycles. The molecule has 0 saturated carbocycles. The Labute approximate surface area is 132 Å². The van der Waals surface area contributed by atoms with Gasteiger partial charge in [0, 0.05) is 34.5 Å². The van der Waals surface area contributed by atoms with Gasteiger partial charge in [-0.05, 0) is 24.3 Å². The number of nitrogens with one attached hydrogen (secondary N) is 1. The van der Waals surface area contributed by atoms with Crippen LogP contribution >= 0.6 is 11.6 Å². The fourth-order valence-electron chi connectivity index (χ4n) is 2.08. The quantitative estimate of drug-likeness (QED) is 0.786. The molecule has 0 saturated heterocycles. The number of rotatable bonds is 5. The van der Waals surface area contributed by atoms with Crippen molar-refractivity contribution in [2.75, 3.05) is 6.54 Å². The van der Waals surface area contributed by atoms with E-state index in [0.717, 1.165) is 11.1 Å². The minimum atomic E-state index is -0.148. The van der Waals surface area contributed by atoms with Gasteiger partial charge < -0.3 is 9.73 Å². The number of carbonyl (C=O) groups is 1. The fraction of sp³-hybridized carbons (Fsp3) is 0.125. The first kappa shape index (κ1) is 14.4. The van der Waals surface area contributed by atoms with Gasteiger partial charge in [0.05, 0.1) is 25.3 Å². The van der Waals surface area contributed by atoms with Gasteiger partial charge in [0.2, 0.25) is 0 Å². The summed E-state index contributed by atoms with van der Waals surface area (Å²) < 4.78 is 6.82. The highest BCUT2D eigenvalue weighted by molar-refractivity contribution is 6.30. The molecule has 0 aliphatic rings. The molecule has 0 bridgehead atoms. The van der Waals surface area contributed by atoms with Crippen molar-refractivity contribution in [3.8, 4) is 11.1 Å². The maximum atomic E-state index is 12.0. The third kappa shape index (κ3) is 3.38. The van der Waals surface area contributed by atoms with Crippen molar-refractivity contribution in [3.63, 3.8) is 0 Å². The van der Waals surface area contributed by atoms with Crippen LogP contribution in [0.2, 0.25) is 5.02 Å². The van der Waals surface area contributed by atoms with E-state index in [1.807, 2.05) is 12.3 Å². The maximum Gasteiger partial charge on any atom is 0.251 e. The van der Waals surface area contributed by atoms with E-state index in [0.29, 0.717) is 23.7 Å². The highest BCUT2D eigenvalue weighted by Gasteiger charge is 2.06. The number of aromatic nitrogens is 2. The van der Waals surface area contributed by atoms with Crippen LogP contribution in [0.1, 0.15) is 10.4 Å². The highest BCUT2D eigenvalue weighted by atomic mass is 35.5. The zero-order valence-corrected chi connectivity index (χ0v) is 12.5. The van der Waals surface area contributed by atoms with Crippen molar-refractivity contribution >= 4 is 17.5 Å². The van der Waals surface area contributed by atoms with Gasteiger partial charge in [0.1, 0.15) is 0 Å². The Morgan fingerprint density at radius 2 is 2.23 bits per heavy atom. The largest absolute Gasteiger partial charge is 0.472 e. The second kappa shape index (κ2) is 6.49. The first-order valence-corrected chi connectivity index (χ1v) is 7.19. The molecule has 3 rings (SSSR count). The van der Waals surface area contributed by atoms with E-state index in [-0.39, 0.29) is 5.91 Å². The highest BCUT2D eigenvalue weighted by Crippen LogP contribution is 2.18. The number of nitrogens with zero attached hydrogens (tertiary/aromatic N) is 2. The molecule has 1 aromatic carbocycles. The third-order valence-electron chi connectivity index (χ3n) is 3.20. The predicted octanol–water partition coefficient (Wildman–Crippen LogP) is 3.23. The zero-order valence-electron chi connectivity index (χ0n) is 11.7. The molecule has 2 aromatic heterocycles. The fourth-order valence-corrected chi connectivity index (χ4v) is 2.27. The van der Waals surface area contributed by atoms with Crippen LogP contribution in [0.15, 0.2) is 59.7 Å². The molecule has 0 radical (unpaired) electrons. The van der Waals surface area contributed by atoms with Gasteiger partial charge in [-0.1, -0.05) is 17.7 Å². The van der Waals surface area contributed by atoms with Crippen molar-refractivity contribution in [1.82, 2.24) is 15.1 Å². The molecule has 2 heterocycles. The summed E-state index contributed by atoms with van der Waals surface area (Å²) in [5.41, 5.74) is 2.51. The number of benzene rings is 1. The normalized spacial score (nSPS) is 10.6. The van der Waals surface area contributed by atoms with E-state index < -0.39 is 0 Å². The molecule has 5 nitrogen and oxygen atoms in total. The lowest BCUT2D eigenvalue weighted by Gasteiger charge is -2.05. The first-order valence-electron chi connectivity index (χ1n) is 6.81. The SMILES string of the molecule is O=C(NCCn1cc(-c2ccoc2)cn1)c1cccc(Cl)c1. The van der Waals surface area contributed by atoms with Crippen LogP contribution in [-0.4, -0.2) is 22.2 Å². The van der Waals surface area contributed by atoms with Gasteiger partial charge in [0.15, 0.2) is 0 Å². The second-order valence-electron chi connectivity index (χ2n) is 4.77. The molecule has 0 unspecified atom stereocenters. The molecule has 112 valence electrons. The van der Waals surface area contributed by atoms with Crippen LogP contribution in [0.4, 0.5) is 0 Å². The Morgan fingerprint density at radius 1 is 1.32 bits per heavy atom. The minimum absolute atomic E-state index is 0.148. The van der Waals surface area contributed by atoms with Crippen LogP contribution < -0.4 is 5.32 Å². The maximum absolute atomic E-state index is 12.0. The van der Waals surface area contributed by atoms with Gasteiger partial charge >= 0.3 is 0 Å². The summed E-state index contributed by atoms with van der Waals surface area (Å²) in [6.45, 7) is 1.07. The van der Waals surface area contributed by atoms with Crippen molar-refractivity contribution in [3.05, 3.63) is 65.8 Å². The standard InChI is InChI=1S/C16H14ClN3O2/c17-15-3-1-2-12(8-15)16(21)18-5-6-20-10-14(9-19-20)13-4-7-22-11-13/h1-4,7-11H,5-6H2,(H,18,21). The average molecular weight is 316 g/mol. The summed E-state index contributed by atoms with van der Waals surface area (Å²) in [4.78, 5) is 12.0. The van der Waals surface area contributed by atoms with E-state index in [9.17, 15) is 4.79 Å². The number of carbonyl (C=O) groups excluding carboxylic acids is 1. The smallest absolute Gasteiger partial charge is 0.251 e. The van der Waals surface area contributed by atoms with Crippen LogP contribution in [-0.2, 0) is 6.54 Å². The Hall–Kier alpha value is -2.53. The molecule has 0 aliphatic carbocycles. The van der Waals surface area contributed by atoms with Crippen molar-refractivity contribution in [2.24, 2.45) is 0 Å². The lowest BCUT2D eigenvalue weighted by Crippen LogP contribution is -2.27. The van der Waals surface area contributed by atoms with E-state index in [4.69, 9.17) is 16.0 Å². The Morgan fingerprint density at radius 3 is 3.00 bits per heavy atom. The van der Waals surface area contributed by atoms with Crippen LogP contribution in [0.3, 0.4) is 0 Å². The molecule has 6 heteroatoms. The van der Waals surface area contributed by atoms with Crippen LogP contribution in [0.5, 0.6) is 0 Å². The summed E-state index contributed by atoms with van der Waals surface area (Å²) in [5.74, 6) is -0.148. The van der Waals surface area contributed by atoms with Gasteiger partial charge in [-0.15, -0.1) is 0 Å². The number of furan rings is 1. The number of hydrogen-bond donors (Lipinski definition) is 1. The first-order chi connectivity index (χ1) is 10.7. The number of hydrogen-bond acceptors (Lipinski definition) is 3. The van der Waals surface area contributed by atoms with Gasteiger partial charge in [0.25, 0.3) is 5.91 Å². The molecule has 1 N–H and O–H groups in total. The number of amides is 1. The van der Waals surface area contributed by atoms with Crippen LogP contribution in [0, 0.1) is 0 Å². The summed E-state index contributed by atoms with van der Waals surface area (Å²) >= 11 is 5.87. The summed E-state index contributed by atoms with van der Waals surface area (Å²) in [5, 5.41) is 7.65. The topological polar surface area (TPSA) is 60.1 Å². The van der Waals surface area contributed by atoms with Gasteiger partial charge in [-0.2, -0.15) is 5.10 Å². The van der Waals surface area contributed by atoms with Gasteiger partial charge in [-0.25, -0.2) is 0 Å². The second-order valence-corrected chi connectivity index (χ2v) is 5.21. The van der Waals surface area contributed by atoms with E-state index in [1.54, 1.807) is 47.7 Å². The zero-order chi connectivity index (χ0) is 15.4. The molecule has 3 aromatic rings. The van der Waals surface area contributed by atoms with Crippen molar-refractivity contribution < 1.29 is 9.21 Å². The summed E-state index contributed by atoms with van der Waals surface area (Å²) in [7, 11) is 0. The molecule has 0 fully saturated rings. The Bertz CT molecular complexity index is 765. The molecule has 0 spiro atoms. The lowest BCUT2D eigenvalue weighted by molar-refractivity contribution is 0.0952. The van der Waals surface area contributed by atoms with Crippen molar-refractivity contribution in [1.29, 1.82) is 0 Å². The summed E-state index contributed by atoms with van der Waals surface area (Å²) in [6.07, 6.45) is 6.97. The predicted molar refractivity (Wildman–Crippen MR) is 83.7 cm³/mol.